The molecule has 1 aromatic rings. The van der Waals surface area contributed by atoms with Crippen LogP contribution in [0.15, 0.2) is 30.3 Å². The predicted molar refractivity (Wildman–Crippen MR) is 58.2 cm³/mol. The molecule has 0 fully saturated rings. The zero-order valence-corrected chi connectivity index (χ0v) is 9.37. The third kappa shape index (κ3) is 4.87. The molecule has 6 heteroatoms. The van der Waals surface area contributed by atoms with E-state index in [0.717, 1.165) is 0 Å². The van der Waals surface area contributed by atoms with Crippen LogP contribution in [0.4, 0.5) is 13.2 Å². The maximum atomic E-state index is 11.9. The molecule has 1 rings (SSSR count). The number of nitriles is 1. The summed E-state index contributed by atoms with van der Waals surface area (Å²) >= 11 is 0. The maximum absolute atomic E-state index is 11.9. The highest BCUT2D eigenvalue weighted by Crippen LogP contribution is 2.21. The molecule has 0 saturated heterocycles. The summed E-state index contributed by atoms with van der Waals surface area (Å²) in [4.78, 5) is 11.3. The molecular weight excluding hydrogens is 245 g/mol. The van der Waals surface area contributed by atoms with Gasteiger partial charge in [-0.1, -0.05) is 30.3 Å². The van der Waals surface area contributed by atoms with Crippen molar-refractivity contribution in [3.8, 4) is 6.07 Å². The highest BCUT2D eigenvalue weighted by Gasteiger charge is 2.28. The first-order valence-electron chi connectivity index (χ1n) is 5.23. The van der Waals surface area contributed by atoms with Gasteiger partial charge in [-0.15, -0.1) is 0 Å². The molecule has 3 nitrogen and oxygen atoms in total. The number of nitrogens with zero attached hydrogens (tertiary/aromatic N) is 1. The van der Waals surface area contributed by atoms with Crippen molar-refractivity contribution in [2.24, 2.45) is 0 Å². The van der Waals surface area contributed by atoms with Gasteiger partial charge in [-0.3, -0.25) is 4.79 Å². The van der Waals surface area contributed by atoms with Gasteiger partial charge in [0, 0.05) is 6.42 Å². The Morgan fingerprint density at radius 2 is 1.94 bits per heavy atom. The molecule has 1 N–H and O–H groups in total. The molecule has 0 radical (unpaired) electrons. The van der Waals surface area contributed by atoms with Gasteiger partial charge < -0.3 is 5.32 Å². The Kier molecular flexibility index (Phi) is 4.72. The minimum absolute atomic E-state index is 0.542. The van der Waals surface area contributed by atoms with E-state index in [9.17, 15) is 18.0 Å². The van der Waals surface area contributed by atoms with Crippen molar-refractivity contribution in [3.63, 3.8) is 0 Å². The maximum Gasteiger partial charge on any atom is 0.389 e. The average molecular weight is 256 g/mol. The largest absolute Gasteiger partial charge is 0.389 e. The van der Waals surface area contributed by atoms with Gasteiger partial charge in [-0.05, 0) is 5.56 Å². The second kappa shape index (κ2) is 6.05. The Bertz CT molecular complexity index is 437. The molecule has 1 atom stereocenters. The highest BCUT2D eigenvalue weighted by molar-refractivity contribution is 5.76. The van der Waals surface area contributed by atoms with Crippen molar-refractivity contribution >= 4 is 5.91 Å². The molecule has 0 bridgehead atoms. The fraction of sp³-hybridized carbons (Fsp3) is 0.333. The minimum atomic E-state index is -4.37. The number of nitrogens with one attached hydrogen (secondary N) is 1. The third-order valence-electron chi connectivity index (χ3n) is 2.20. The van der Waals surface area contributed by atoms with Crippen LogP contribution in [0.5, 0.6) is 0 Å². The summed E-state index contributed by atoms with van der Waals surface area (Å²) < 4.78 is 35.7. The standard InChI is InChI=1S/C12H11F3N2O/c13-12(14,15)7-6-11(18)17-10(8-16)9-4-2-1-3-5-9/h1-5,10H,6-7H2,(H,17,18). The van der Waals surface area contributed by atoms with E-state index in [0.29, 0.717) is 5.56 Å². The Balaban J connectivity index is 2.55. The molecule has 1 amide bonds. The number of hydrogen-bond acceptors (Lipinski definition) is 2. The summed E-state index contributed by atoms with van der Waals surface area (Å²) in [7, 11) is 0. The van der Waals surface area contributed by atoms with Gasteiger partial charge in [-0.2, -0.15) is 18.4 Å². The van der Waals surface area contributed by atoms with Gasteiger partial charge in [0.1, 0.15) is 6.04 Å². The van der Waals surface area contributed by atoms with E-state index in [-0.39, 0.29) is 0 Å². The summed E-state index contributed by atoms with van der Waals surface area (Å²) in [6.45, 7) is 0. The first-order chi connectivity index (χ1) is 8.42. The lowest BCUT2D eigenvalue weighted by molar-refractivity contribution is -0.144. The van der Waals surface area contributed by atoms with E-state index in [1.807, 2.05) is 6.07 Å². The second-order valence-corrected chi connectivity index (χ2v) is 3.66. The third-order valence-corrected chi connectivity index (χ3v) is 2.20. The summed E-state index contributed by atoms with van der Waals surface area (Å²) in [5.41, 5.74) is 0.542. The number of rotatable bonds is 4. The molecule has 1 unspecified atom stereocenters. The molecule has 0 spiro atoms. The first-order valence-corrected chi connectivity index (χ1v) is 5.23. The molecule has 0 heterocycles. The van der Waals surface area contributed by atoms with Crippen molar-refractivity contribution in [2.75, 3.05) is 0 Å². The fourth-order valence-corrected chi connectivity index (χ4v) is 1.32. The quantitative estimate of drug-likeness (QED) is 0.900. The van der Waals surface area contributed by atoms with Gasteiger partial charge in [-0.25, -0.2) is 0 Å². The van der Waals surface area contributed by atoms with Gasteiger partial charge in [0.2, 0.25) is 5.91 Å². The van der Waals surface area contributed by atoms with E-state index >= 15 is 0 Å². The minimum Gasteiger partial charge on any atom is -0.337 e. The molecular formula is C12H11F3N2O. The molecule has 1 aromatic carbocycles. The Labute approximate surface area is 102 Å². The molecule has 0 aliphatic carbocycles. The highest BCUT2D eigenvalue weighted by atomic mass is 19.4. The Morgan fingerprint density at radius 3 is 2.44 bits per heavy atom. The summed E-state index contributed by atoms with van der Waals surface area (Å²) in [6, 6.07) is 9.26. The lowest BCUT2D eigenvalue weighted by atomic mass is 10.1. The summed E-state index contributed by atoms with van der Waals surface area (Å²) in [6.07, 6.45) is -6.23. The van der Waals surface area contributed by atoms with Crippen molar-refractivity contribution in [2.45, 2.75) is 25.1 Å². The van der Waals surface area contributed by atoms with E-state index in [1.165, 1.54) is 0 Å². The SMILES string of the molecule is N#CC(NC(=O)CCC(F)(F)F)c1ccccc1. The molecule has 0 saturated carbocycles. The number of amides is 1. The van der Waals surface area contributed by atoms with Crippen LogP contribution in [0.2, 0.25) is 0 Å². The molecule has 0 aliphatic rings. The van der Waals surface area contributed by atoms with Crippen LogP contribution < -0.4 is 5.32 Å². The molecule has 96 valence electrons. The predicted octanol–water partition coefficient (Wildman–Crippen LogP) is 2.71. The van der Waals surface area contributed by atoms with E-state index in [1.54, 1.807) is 30.3 Å². The lowest BCUT2D eigenvalue weighted by Crippen LogP contribution is -2.28. The van der Waals surface area contributed by atoms with Crippen molar-refractivity contribution in [1.29, 1.82) is 5.26 Å². The van der Waals surface area contributed by atoms with Gasteiger partial charge in [0.05, 0.1) is 12.5 Å². The number of carbonyl (C=O) groups is 1. The van der Waals surface area contributed by atoms with E-state index in [4.69, 9.17) is 5.26 Å². The molecule has 0 aromatic heterocycles. The Hall–Kier alpha value is -2.03. The average Bonchev–Trinajstić information content (AvgIpc) is 2.33. The van der Waals surface area contributed by atoms with Gasteiger partial charge in [0.25, 0.3) is 0 Å². The van der Waals surface area contributed by atoms with Crippen LogP contribution in [0.25, 0.3) is 0 Å². The van der Waals surface area contributed by atoms with Crippen LogP contribution >= 0.6 is 0 Å². The molecule has 18 heavy (non-hydrogen) atoms. The van der Waals surface area contributed by atoms with Crippen LogP contribution in [0, 0.1) is 11.3 Å². The second-order valence-electron chi connectivity index (χ2n) is 3.66. The smallest absolute Gasteiger partial charge is 0.337 e. The van der Waals surface area contributed by atoms with Gasteiger partial charge in [0.15, 0.2) is 0 Å². The monoisotopic (exact) mass is 256 g/mol. The fourth-order valence-electron chi connectivity index (χ4n) is 1.32. The van der Waals surface area contributed by atoms with Crippen LogP contribution in [-0.4, -0.2) is 12.1 Å². The normalized spacial score (nSPS) is 12.6. The number of benzene rings is 1. The Morgan fingerprint density at radius 1 is 1.33 bits per heavy atom. The van der Waals surface area contributed by atoms with Crippen LogP contribution in [-0.2, 0) is 4.79 Å². The lowest BCUT2D eigenvalue weighted by Gasteiger charge is -2.12. The van der Waals surface area contributed by atoms with E-state index in [2.05, 4.69) is 5.32 Å². The number of alkyl halides is 3. The number of carbonyl (C=O) groups excluding carboxylic acids is 1. The van der Waals surface area contributed by atoms with Crippen molar-refractivity contribution in [1.82, 2.24) is 5.32 Å². The summed E-state index contributed by atoms with van der Waals surface area (Å²) in [5, 5.41) is 11.1. The van der Waals surface area contributed by atoms with Crippen molar-refractivity contribution < 1.29 is 18.0 Å². The first kappa shape index (κ1) is 14.0. The van der Waals surface area contributed by atoms with Gasteiger partial charge >= 0.3 is 6.18 Å². The van der Waals surface area contributed by atoms with E-state index < -0.39 is 31.0 Å². The topological polar surface area (TPSA) is 52.9 Å². The zero-order chi connectivity index (χ0) is 13.6. The number of halogens is 3. The van der Waals surface area contributed by atoms with Crippen LogP contribution in [0.1, 0.15) is 24.4 Å². The summed E-state index contributed by atoms with van der Waals surface area (Å²) in [5.74, 6) is -0.789. The molecule has 0 aliphatic heterocycles. The van der Waals surface area contributed by atoms with Crippen molar-refractivity contribution in [3.05, 3.63) is 35.9 Å². The van der Waals surface area contributed by atoms with Crippen LogP contribution in [0.3, 0.4) is 0 Å². The number of hydrogen-bond donors (Lipinski definition) is 1. The zero-order valence-electron chi connectivity index (χ0n) is 9.37.